The Balaban J connectivity index is 1.90. The fraction of sp³-hybridized carbons (Fsp3) is 0.154. The van der Waals surface area contributed by atoms with Crippen LogP contribution < -0.4 is 11.1 Å². The van der Waals surface area contributed by atoms with Crippen LogP contribution in [0.15, 0.2) is 42.7 Å². The van der Waals surface area contributed by atoms with Crippen LogP contribution in [0.2, 0.25) is 0 Å². The first kappa shape index (κ1) is 12.2. The third kappa shape index (κ3) is 3.59. The standard InChI is InChI=1S/C13H14IN3/c14-11-3-4-13(12(15)8-11)17-7-5-10-2-1-6-16-9-10/h1-4,6,8-9,17H,5,7,15H2. The van der Waals surface area contributed by atoms with Gasteiger partial charge in [-0.3, -0.25) is 4.98 Å². The largest absolute Gasteiger partial charge is 0.397 e. The second-order valence-electron chi connectivity index (χ2n) is 3.77. The molecule has 88 valence electrons. The Bertz CT molecular complexity index is 485. The molecule has 0 aliphatic carbocycles. The number of nitrogens with zero attached hydrogens (tertiary/aromatic N) is 1. The number of nitrogen functional groups attached to an aromatic ring is 1. The van der Waals surface area contributed by atoms with Gasteiger partial charge >= 0.3 is 0 Å². The zero-order valence-corrected chi connectivity index (χ0v) is 11.5. The summed E-state index contributed by atoms with van der Waals surface area (Å²) in [7, 11) is 0. The highest BCUT2D eigenvalue weighted by molar-refractivity contribution is 14.1. The van der Waals surface area contributed by atoms with Crippen molar-refractivity contribution < 1.29 is 0 Å². The van der Waals surface area contributed by atoms with E-state index in [-0.39, 0.29) is 0 Å². The summed E-state index contributed by atoms with van der Waals surface area (Å²) in [6.45, 7) is 0.858. The van der Waals surface area contributed by atoms with Crippen molar-refractivity contribution in [1.29, 1.82) is 0 Å². The van der Waals surface area contributed by atoms with Gasteiger partial charge in [0.1, 0.15) is 0 Å². The first-order chi connectivity index (χ1) is 8.25. The van der Waals surface area contributed by atoms with Crippen molar-refractivity contribution in [2.45, 2.75) is 6.42 Å². The smallest absolute Gasteiger partial charge is 0.0574 e. The van der Waals surface area contributed by atoms with E-state index in [0.717, 1.165) is 27.9 Å². The summed E-state index contributed by atoms with van der Waals surface area (Å²) in [5, 5.41) is 3.33. The third-order valence-corrected chi connectivity index (χ3v) is 3.14. The lowest BCUT2D eigenvalue weighted by Gasteiger charge is -2.09. The van der Waals surface area contributed by atoms with E-state index in [1.807, 2.05) is 30.5 Å². The van der Waals surface area contributed by atoms with Gasteiger partial charge in [0.05, 0.1) is 11.4 Å². The van der Waals surface area contributed by atoms with Gasteiger partial charge in [-0.15, -0.1) is 0 Å². The Morgan fingerprint density at radius 1 is 1.29 bits per heavy atom. The number of hydrogen-bond acceptors (Lipinski definition) is 3. The van der Waals surface area contributed by atoms with Crippen LogP contribution >= 0.6 is 22.6 Å². The predicted octanol–water partition coefficient (Wildman–Crippen LogP) is 2.92. The van der Waals surface area contributed by atoms with E-state index in [1.165, 1.54) is 5.56 Å². The molecule has 0 saturated carbocycles. The first-order valence-corrected chi connectivity index (χ1v) is 6.51. The number of aromatic nitrogens is 1. The molecule has 0 unspecified atom stereocenters. The number of hydrogen-bond donors (Lipinski definition) is 2. The lowest BCUT2D eigenvalue weighted by Crippen LogP contribution is -2.07. The number of nitrogens with two attached hydrogens (primary N) is 1. The SMILES string of the molecule is Nc1cc(I)ccc1NCCc1cccnc1. The lowest BCUT2D eigenvalue weighted by atomic mass is 10.2. The average molecular weight is 339 g/mol. The quantitative estimate of drug-likeness (QED) is 0.665. The second-order valence-corrected chi connectivity index (χ2v) is 5.02. The van der Waals surface area contributed by atoms with Crippen molar-refractivity contribution in [1.82, 2.24) is 4.98 Å². The Labute approximate surface area is 115 Å². The fourth-order valence-corrected chi connectivity index (χ4v) is 2.10. The van der Waals surface area contributed by atoms with Crippen LogP contribution in [0.3, 0.4) is 0 Å². The Morgan fingerprint density at radius 3 is 2.88 bits per heavy atom. The van der Waals surface area contributed by atoms with Gasteiger partial charge in [0.2, 0.25) is 0 Å². The van der Waals surface area contributed by atoms with Gasteiger partial charge in [-0.05, 0) is 58.8 Å². The van der Waals surface area contributed by atoms with Gasteiger partial charge in [-0.1, -0.05) is 6.07 Å². The topological polar surface area (TPSA) is 50.9 Å². The van der Waals surface area contributed by atoms with Gasteiger partial charge in [-0.25, -0.2) is 0 Å². The van der Waals surface area contributed by atoms with Crippen molar-refractivity contribution in [2.75, 3.05) is 17.6 Å². The average Bonchev–Trinajstić information content (AvgIpc) is 2.33. The molecule has 0 aliphatic rings. The summed E-state index contributed by atoms with van der Waals surface area (Å²) >= 11 is 2.25. The zero-order valence-electron chi connectivity index (χ0n) is 9.36. The maximum atomic E-state index is 5.92. The monoisotopic (exact) mass is 339 g/mol. The van der Waals surface area contributed by atoms with Crippen LogP contribution in [0.5, 0.6) is 0 Å². The van der Waals surface area contributed by atoms with Gasteiger partial charge in [0.25, 0.3) is 0 Å². The highest BCUT2D eigenvalue weighted by Gasteiger charge is 1.99. The second kappa shape index (κ2) is 5.86. The molecule has 0 spiro atoms. The van der Waals surface area contributed by atoms with Gasteiger partial charge in [-0.2, -0.15) is 0 Å². The van der Waals surface area contributed by atoms with E-state index in [9.17, 15) is 0 Å². The van der Waals surface area contributed by atoms with Gasteiger partial charge in [0, 0.05) is 22.5 Å². The van der Waals surface area contributed by atoms with Crippen LogP contribution in [0.4, 0.5) is 11.4 Å². The molecular weight excluding hydrogens is 325 g/mol. The molecule has 0 atom stereocenters. The van der Waals surface area contributed by atoms with Crippen molar-refractivity contribution in [3.63, 3.8) is 0 Å². The molecule has 0 saturated heterocycles. The van der Waals surface area contributed by atoms with E-state index in [4.69, 9.17) is 5.73 Å². The lowest BCUT2D eigenvalue weighted by molar-refractivity contribution is 1.01. The summed E-state index contributed by atoms with van der Waals surface area (Å²) < 4.78 is 1.15. The molecule has 1 heterocycles. The number of pyridine rings is 1. The molecule has 0 amide bonds. The zero-order chi connectivity index (χ0) is 12.1. The molecule has 4 heteroatoms. The van der Waals surface area contributed by atoms with Crippen molar-refractivity contribution >= 4 is 34.0 Å². The summed E-state index contributed by atoms with van der Waals surface area (Å²) in [6.07, 6.45) is 4.62. The molecule has 1 aromatic carbocycles. The Kier molecular flexibility index (Phi) is 4.19. The minimum Gasteiger partial charge on any atom is -0.397 e. The number of rotatable bonds is 4. The molecule has 0 bridgehead atoms. The van der Waals surface area contributed by atoms with E-state index in [1.54, 1.807) is 6.20 Å². The first-order valence-electron chi connectivity index (χ1n) is 5.43. The number of anilines is 2. The summed E-state index contributed by atoms with van der Waals surface area (Å²) in [4.78, 5) is 4.09. The van der Waals surface area contributed by atoms with Crippen molar-refractivity contribution in [2.24, 2.45) is 0 Å². The highest BCUT2D eigenvalue weighted by atomic mass is 127. The van der Waals surface area contributed by atoms with Crippen molar-refractivity contribution in [3.8, 4) is 0 Å². The van der Waals surface area contributed by atoms with Crippen LogP contribution in [0, 0.1) is 3.57 Å². The molecule has 3 nitrogen and oxygen atoms in total. The number of benzene rings is 1. The van der Waals surface area contributed by atoms with Crippen LogP contribution in [0.25, 0.3) is 0 Å². The third-order valence-electron chi connectivity index (χ3n) is 2.47. The summed E-state index contributed by atoms with van der Waals surface area (Å²) in [5.41, 5.74) is 8.94. The Hall–Kier alpha value is -1.30. The predicted molar refractivity (Wildman–Crippen MR) is 80.0 cm³/mol. The molecule has 17 heavy (non-hydrogen) atoms. The minimum atomic E-state index is 0.795. The van der Waals surface area contributed by atoms with Gasteiger partial charge in [0.15, 0.2) is 0 Å². The van der Waals surface area contributed by atoms with Gasteiger partial charge < -0.3 is 11.1 Å². The van der Waals surface area contributed by atoms with E-state index in [0.29, 0.717) is 0 Å². The molecule has 0 fully saturated rings. The maximum Gasteiger partial charge on any atom is 0.0574 e. The molecule has 3 N–H and O–H groups in total. The number of halogens is 1. The highest BCUT2D eigenvalue weighted by Crippen LogP contribution is 2.20. The molecule has 0 aliphatic heterocycles. The van der Waals surface area contributed by atoms with E-state index >= 15 is 0 Å². The van der Waals surface area contributed by atoms with Crippen LogP contribution in [-0.2, 0) is 6.42 Å². The van der Waals surface area contributed by atoms with E-state index in [2.05, 4.69) is 39.0 Å². The van der Waals surface area contributed by atoms with Crippen LogP contribution in [0.1, 0.15) is 5.56 Å². The minimum absolute atomic E-state index is 0.795. The number of nitrogens with one attached hydrogen (secondary N) is 1. The summed E-state index contributed by atoms with van der Waals surface area (Å²) in [5.74, 6) is 0. The van der Waals surface area contributed by atoms with Crippen LogP contribution in [-0.4, -0.2) is 11.5 Å². The fourth-order valence-electron chi connectivity index (χ4n) is 1.58. The summed E-state index contributed by atoms with van der Waals surface area (Å²) in [6, 6.07) is 10.1. The normalized spacial score (nSPS) is 10.2. The van der Waals surface area contributed by atoms with Crippen molar-refractivity contribution in [3.05, 3.63) is 51.9 Å². The molecule has 2 rings (SSSR count). The maximum absolute atomic E-state index is 5.92. The molecular formula is C13H14IN3. The van der Waals surface area contributed by atoms with E-state index < -0.39 is 0 Å². The Morgan fingerprint density at radius 2 is 2.18 bits per heavy atom. The molecule has 0 radical (unpaired) electrons. The molecule has 1 aromatic heterocycles. The molecule has 2 aromatic rings.